The van der Waals surface area contributed by atoms with Gasteiger partial charge in [-0.15, -0.1) is 0 Å². The van der Waals surface area contributed by atoms with Crippen molar-refractivity contribution in [3.63, 3.8) is 0 Å². The van der Waals surface area contributed by atoms with Crippen LogP contribution in [0.2, 0.25) is 0 Å². The van der Waals surface area contributed by atoms with Gasteiger partial charge in [-0.3, -0.25) is 0 Å². The lowest BCUT2D eigenvalue weighted by Crippen LogP contribution is -2.62. The number of aliphatic hydroxyl groups excluding tert-OH is 4. The van der Waals surface area contributed by atoms with Crippen LogP contribution < -0.4 is 0 Å². The van der Waals surface area contributed by atoms with Gasteiger partial charge in [0.25, 0.3) is 0 Å². The maximum absolute atomic E-state index is 12.6. The number of aliphatic hydroxyl groups is 5. The van der Waals surface area contributed by atoms with Crippen LogP contribution in [-0.4, -0.2) is 124 Å². The van der Waals surface area contributed by atoms with Gasteiger partial charge in [0.05, 0.1) is 48.3 Å². The van der Waals surface area contributed by atoms with E-state index in [2.05, 4.69) is 13.8 Å². The zero-order valence-corrected chi connectivity index (χ0v) is 32.6. The molecule has 5 N–H and O–H groups in total. The summed E-state index contributed by atoms with van der Waals surface area (Å²) < 4.78 is 42.2. The summed E-state index contributed by atoms with van der Waals surface area (Å²) in [4.78, 5) is 11.9. The Morgan fingerprint density at radius 3 is 1.89 bits per heavy atom. The molecule has 0 aromatic rings. The molecule has 0 aromatic carbocycles. The Bertz CT molecular complexity index is 1370. The lowest BCUT2D eigenvalue weighted by atomic mass is 9.43. The Morgan fingerprint density at radius 1 is 0.685 bits per heavy atom. The minimum absolute atomic E-state index is 0.0243. The van der Waals surface area contributed by atoms with E-state index in [1.165, 1.54) is 0 Å². The Morgan fingerprint density at radius 2 is 1.30 bits per heavy atom. The van der Waals surface area contributed by atoms with Crippen LogP contribution in [0.1, 0.15) is 112 Å². The van der Waals surface area contributed by atoms with E-state index in [-0.39, 0.29) is 54.0 Å². The van der Waals surface area contributed by atoms with Gasteiger partial charge in [-0.25, -0.2) is 4.79 Å². The first-order chi connectivity index (χ1) is 25.6. The van der Waals surface area contributed by atoms with E-state index in [1.807, 2.05) is 6.92 Å². The molecule has 4 aliphatic carbocycles. The summed E-state index contributed by atoms with van der Waals surface area (Å²) in [6, 6.07) is 0. The first-order valence-corrected chi connectivity index (χ1v) is 20.8. The molecule has 20 atom stereocenters. The Kier molecular flexibility index (Phi) is 10.9. The van der Waals surface area contributed by atoms with Crippen LogP contribution in [0, 0.1) is 34.5 Å². The van der Waals surface area contributed by atoms with Crippen molar-refractivity contribution in [2.45, 2.75) is 197 Å². The van der Waals surface area contributed by atoms with Gasteiger partial charge >= 0.3 is 5.97 Å². The SMILES string of the molecule is C[C@@H]1O[C@@H](O[C@H]2[C@H](O)C[C@H](O[C@H]3[C@H](O)C[C@H](O[C@H]4CC[C@@]5(C)[C@H](CC[C@@H]6[C@@H]5CC[C@]5(C)[C@@H](C7=CC(=O)OC7)CC[C@]65O)C4)O[C@H]3C)O[C@H]2C)C[C@@H](O)[C@@H]1O. The van der Waals surface area contributed by atoms with Gasteiger partial charge in [-0.1, -0.05) is 13.8 Å². The van der Waals surface area contributed by atoms with Crippen LogP contribution in [-0.2, 0) is 38.0 Å². The van der Waals surface area contributed by atoms with E-state index in [0.29, 0.717) is 18.4 Å². The smallest absolute Gasteiger partial charge is 0.331 e. The maximum atomic E-state index is 12.6. The van der Waals surface area contributed by atoms with E-state index in [9.17, 15) is 30.3 Å². The molecule has 13 heteroatoms. The zero-order chi connectivity index (χ0) is 38.3. The van der Waals surface area contributed by atoms with Crippen molar-refractivity contribution in [1.82, 2.24) is 0 Å². The molecule has 8 rings (SSSR count). The molecule has 8 aliphatic rings. The van der Waals surface area contributed by atoms with Crippen LogP contribution in [0.15, 0.2) is 11.6 Å². The lowest BCUT2D eigenvalue weighted by molar-refractivity contribution is -0.336. The highest BCUT2D eigenvalue weighted by molar-refractivity contribution is 5.85. The van der Waals surface area contributed by atoms with Crippen LogP contribution in [0.4, 0.5) is 0 Å². The third kappa shape index (κ3) is 6.82. The van der Waals surface area contributed by atoms with Gasteiger partial charge in [0.15, 0.2) is 18.9 Å². The second-order valence-corrected chi connectivity index (χ2v) is 18.7. The summed E-state index contributed by atoms with van der Waals surface area (Å²) >= 11 is 0. The first kappa shape index (κ1) is 39.6. The average molecular weight is 765 g/mol. The Hall–Kier alpha value is -1.23. The summed E-state index contributed by atoms with van der Waals surface area (Å²) in [5, 5.41) is 55.0. The molecule has 0 radical (unpaired) electrons. The number of fused-ring (bicyclic) bond motifs is 5. The number of hydrogen-bond acceptors (Lipinski definition) is 13. The molecular weight excluding hydrogens is 700 g/mol. The highest BCUT2D eigenvalue weighted by Gasteiger charge is 2.68. The van der Waals surface area contributed by atoms with E-state index in [0.717, 1.165) is 63.4 Å². The number of ether oxygens (including phenoxy) is 7. The summed E-state index contributed by atoms with van der Waals surface area (Å²) in [6.07, 6.45) is 1.90. The average Bonchev–Trinajstić information content (AvgIpc) is 3.66. The normalized spacial score (nSPS) is 55.0. The van der Waals surface area contributed by atoms with Crippen molar-refractivity contribution in [2.24, 2.45) is 34.5 Å². The number of carbonyl (C=O) groups is 1. The predicted octanol–water partition coefficient (Wildman–Crippen LogP) is 3.25. The molecule has 0 amide bonds. The van der Waals surface area contributed by atoms with Crippen LogP contribution in [0.5, 0.6) is 0 Å². The van der Waals surface area contributed by atoms with Crippen LogP contribution in [0.3, 0.4) is 0 Å². The monoisotopic (exact) mass is 764 g/mol. The summed E-state index contributed by atoms with van der Waals surface area (Å²) in [5.41, 5.74) is 0.215. The number of carbonyl (C=O) groups excluding carboxylic acids is 1. The molecule has 306 valence electrons. The Balaban J connectivity index is 0.826. The highest BCUT2D eigenvalue weighted by atomic mass is 16.7. The fourth-order valence-corrected chi connectivity index (χ4v) is 12.8. The van der Waals surface area contributed by atoms with E-state index >= 15 is 0 Å². The van der Waals surface area contributed by atoms with E-state index in [4.69, 9.17) is 33.2 Å². The predicted molar refractivity (Wildman–Crippen MR) is 191 cm³/mol. The maximum Gasteiger partial charge on any atom is 0.331 e. The van der Waals surface area contributed by atoms with Crippen molar-refractivity contribution in [1.29, 1.82) is 0 Å². The van der Waals surface area contributed by atoms with Crippen molar-refractivity contribution < 1.29 is 63.5 Å². The van der Waals surface area contributed by atoms with E-state index in [1.54, 1.807) is 19.9 Å². The van der Waals surface area contributed by atoms with Gasteiger partial charge in [-0.2, -0.15) is 0 Å². The molecule has 54 heavy (non-hydrogen) atoms. The molecule has 4 saturated carbocycles. The molecular formula is C41H64O13. The van der Waals surface area contributed by atoms with Crippen LogP contribution >= 0.6 is 0 Å². The lowest BCUT2D eigenvalue weighted by Gasteiger charge is -2.64. The minimum Gasteiger partial charge on any atom is -0.458 e. The molecule has 4 heterocycles. The second-order valence-electron chi connectivity index (χ2n) is 18.7. The van der Waals surface area contributed by atoms with Gasteiger partial charge in [0.2, 0.25) is 0 Å². The molecule has 4 aliphatic heterocycles. The second kappa shape index (κ2) is 14.9. The topological polar surface area (TPSA) is 183 Å². The molecule has 0 bridgehead atoms. The number of rotatable bonds is 7. The number of esters is 1. The van der Waals surface area contributed by atoms with Crippen molar-refractivity contribution in [3.05, 3.63) is 11.6 Å². The minimum atomic E-state index is -0.996. The molecule has 7 fully saturated rings. The molecule has 0 spiro atoms. The largest absolute Gasteiger partial charge is 0.458 e. The fourth-order valence-electron chi connectivity index (χ4n) is 12.8. The molecule has 13 nitrogen and oxygen atoms in total. The summed E-state index contributed by atoms with van der Waals surface area (Å²) in [5.74, 6) is 1.13. The molecule has 0 unspecified atom stereocenters. The third-order valence-corrected chi connectivity index (χ3v) is 15.9. The number of hydrogen-bond donors (Lipinski definition) is 5. The molecule has 0 aromatic heterocycles. The number of cyclic esters (lactones) is 1. The van der Waals surface area contributed by atoms with Gasteiger partial charge in [0.1, 0.15) is 24.9 Å². The van der Waals surface area contributed by atoms with Crippen molar-refractivity contribution >= 4 is 5.97 Å². The van der Waals surface area contributed by atoms with Gasteiger partial charge in [-0.05, 0) is 113 Å². The van der Waals surface area contributed by atoms with Crippen molar-refractivity contribution in [2.75, 3.05) is 6.61 Å². The highest BCUT2D eigenvalue weighted by Crippen LogP contribution is 2.70. The fraction of sp³-hybridized carbons (Fsp3) is 0.927. The molecule has 3 saturated heterocycles. The first-order valence-electron chi connectivity index (χ1n) is 20.8. The van der Waals surface area contributed by atoms with Gasteiger partial charge < -0.3 is 58.7 Å². The quantitative estimate of drug-likeness (QED) is 0.188. The van der Waals surface area contributed by atoms with Crippen LogP contribution in [0.25, 0.3) is 0 Å². The standard InChI is InChI=1S/C41H64O13/c1-20-36(46)29(42)16-34(49-20)53-38-22(3)51-35(18-31(38)44)54-37-21(2)50-33(17-30(37)43)52-25-8-11-39(4)24(15-25)6-7-28-27(39)9-12-40(5)26(10-13-41(28,40)47)23-14-32(45)48-19-23/h14,20-22,24-31,33-38,42-44,46-47H,6-13,15-19H2,1-5H3/t20-,21-,22-,24+,25-,26+,27-,28+,29+,30+,31+,33-,34-,35-,36+,37+,38+,39-,40+,41-/m0/s1. The van der Waals surface area contributed by atoms with Crippen molar-refractivity contribution in [3.8, 4) is 0 Å². The summed E-state index contributed by atoms with van der Waals surface area (Å²) in [6.45, 7) is 10.4. The zero-order valence-electron chi connectivity index (χ0n) is 32.6. The van der Waals surface area contributed by atoms with Gasteiger partial charge in [0, 0.05) is 30.8 Å². The Labute approximate surface area is 319 Å². The third-order valence-electron chi connectivity index (χ3n) is 15.9. The summed E-state index contributed by atoms with van der Waals surface area (Å²) in [7, 11) is 0. The van der Waals surface area contributed by atoms with E-state index < -0.39 is 79.4 Å².